The van der Waals surface area contributed by atoms with Gasteiger partial charge in [0.25, 0.3) is 0 Å². The van der Waals surface area contributed by atoms with E-state index in [4.69, 9.17) is 9.68 Å². The summed E-state index contributed by atoms with van der Waals surface area (Å²) < 4.78 is 9.49. The molecule has 1 aromatic rings. The van der Waals surface area contributed by atoms with Gasteiger partial charge in [-0.05, 0) is 5.56 Å². The summed E-state index contributed by atoms with van der Waals surface area (Å²) >= 11 is 0. The Kier molecular flexibility index (Phi) is 4.08. The second-order valence-electron chi connectivity index (χ2n) is 2.41. The number of hydrogen-bond donors (Lipinski definition) is 1. The zero-order valence-electron chi connectivity index (χ0n) is 7.22. The quantitative estimate of drug-likeness (QED) is 0.546. The van der Waals surface area contributed by atoms with Crippen LogP contribution in [0.2, 0.25) is 0 Å². The van der Waals surface area contributed by atoms with Gasteiger partial charge in [0, 0.05) is 0 Å². The van der Waals surface area contributed by atoms with Crippen LogP contribution in [0.3, 0.4) is 0 Å². The van der Waals surface area contributed by atoms with Crippen LogP contribution < -0.4 is 0 Å². The summed E-state index contributed by atoms with van der Waals surface area (Å²) in [6.07, 6.45) is 1.13. The second-order valence-corrected chi connectivity index (χ2v) is 2.41. The predicted molar refractivity (Wildman–Crippen MR) is 50.5 cm³/mol. The van der Waals surface area contributed by atoms with Gasteiger partial charge in [-0.15, -0.1) is 0 Å². The van der Waals surface area contributed by atoms with E-state index in [1.165, 1.54) is 0 Å². The van der Waals surface area contributed by atoms with E-state index >= 15 is 0 Å². The van der Waals surface area contributed by atoms with Crippen molar-refractivity contribution in [3.05, 3.63) is 48.7 Å². The van der Waals surface area contributed by atoms with Crippen molar-refractivity contribution in [2.75, 3.05) is 0 Å². The first-order valence-corrected chi connectivity index (χ1v) is 3.93. The normalized spacial score (nSPS) is 9.31. The molecular weight excluding hydrogens is 167 g/mol. The Morgan fingerprint density at radius 3 is 2.69 bits per heavy atom. The van der Waals surface area contributed by atoms with Crippen molar-refractivity contribution >= 4 is 7.32 Å². The van der Waals surface area contributed by atoms with Crippen molar-refractivity contribution in [2.24, 2.45) is 0 Å². The SMILES string of the molecule is C=COB(O)OCc1ccccc1. The van der Waals surface area contributed by atoms with Crippen LogP contribution in [0, 0.1) is 0 Å². The Morgan fingerprint density at radius 1 is 1.38 bits per heavy atom. The van der Waals surface area contributed by atoms with Crippen molar-refractivity contribution in [1.82, 2.24) is 0 Å². The first-order chi connectivity index (χ1) is 6.33. The Labute approximate surface area is 77.8 Å². The van der Waals surface area contributed by atoms with Gasteiger partial charge in [0.1, 0.15) is 0 Å². The van der Waals surface area contributed by atoms with Gasteiger partial charge in [0.15, 0.2) is 0 Å². The summed E-state index contributed by atoms with van der Waals surface area (Å²) in [7, 11) is -1.24. The Morgan fingerprint density at radius 2 is 2.08 bits per heavy atom. The minimum atomic E-state index is -1.24. The van der Waals surface area contributed by atoms with Gasteiger partial charge in [0.2, 0.25) is 0 Å². The van der Waals surface area contributed by atoms with Gasteiger partial charge in [-0.3, -0.25) is 0 Å². The molecule has 0 aliphatic carbocycles. The topological polar surface area (TPSA) is 38.7 Å². The van der Waals surface area contributed by atoms with E-state index < -0.39 is 7.32 Å². The van der Waals surface area contributed by atoms with E-state index in [1.807, 2.05) is 30.3 Å². The molecule has 0 amide bonds. The molecule has 0 saturated carbocycles. The molecule has 68 valence electrons. The van der Waals surface area contributed by atoms with Gasteiger partial charge >= 0.3 is 7.32 Å². The molecule has 0 atom stereocenters. The monoisotopic (exact) mass is 178 g/mol. The van der Waals surface area contributed by atoms with E-state index in [2.05, 4.69) is 11.2 Å². The molecule has 0 aliphatic heterocycles. The minimum Gasteiger partial charge on any atom is -0.519 e. The second kappa shape index (κ2) is 5.40. The van der Waals surface area contributed by atoms with Crippen molar-refractivity contribution in [1.29, 1.82) is 0 Å². The van der Waals surface area contributed by atoms with E-state index in [1.54, 1.807) is 0 Å². The van der Waals surface area contributed by atoms with Crippen molar-refractivity contribution < 1.29 is 14.3 Å². The highest BCUT2D eigenvalue weighted by Gasteiger charge is 2.14. The highest BCUT2D eigenvalue weighted by molar-refractivity contribution is 6.34. The lowest BCUT2D eigenvalue weighted by atomic mass is 10.2. The zero-order chi connectivity index (χ0) is 9.52. The van der Waals surface area contributed by atoms with Crippen LogP contribution in [-0.4, -0.2) is 12.3 Å². The average Bonchev–Trinajstić information content (AvgIpc) is 2.17. The molecule has 1 rings (SSSR count). The average molecular weight is 178 g/mol. The van der Waals surface area contributed by atoms with Gasteiger partial charge in [0.05, 0.1) is 12.9 Å². The summed E-state index contributed by atoms with van der Waals surface area (Å²) in [6.45, 7) is 3.61. The molecule has 0 radical (unpaired) electrons. The molecule has 0 spiro atoms. The van der Waals surface area contributed by atoms with Crippen molar-refractivity contribution in [3.8, 4) is 0 Å². The molecule has 0 aromatic heterocycles. The van der Waals surface area contributed by atoms with Crippen LogP contribution in [0.25, 0.3) is 0 Å². The maximum Gasteiger partial charge on any atom is 0.710 e. The summed E-state index contributed by atoms with van der Waals surface area (Å²) in [5.74, 6) is 0. The number of rotatable bonds is 5. The molecule has 0 aliphatic rings. The van der Waals surface area contributed by atoms with E-state index in [-0.39, 0.29) is 0 Å². The van der Waals surface area contributed by atoms with Gasteiger partial charge in [-0.2, -0.15) is 0 Å². The van der Waals surface area contributed by atoms with Crippen LogP contribution in [0.1, 0.15) is 5.56 Å². The lowest BCUT2D eigenvalue weighted by Crippen LogP contribution is -2.19. The van der Waals surface area contributed by atoms with Crippen LogP contribution in [-0.2, 0) is 15.9 Å². The molecule has 0 heterocycles. The third-order valence-electron chi connectivity index (χ3n) is 1.45. The minimum absolute atomic E-state index is 0.315. The highest BCUT2D eigenvalue weighted by atomic mass is 16.7. The largest absolute Gasteiger partial charge is 0.710 e. The van der Waals surface area contributed by atoms with E-state index in [0.717, 1.165) is 11.8 Å². The Hall–Kier alpha value is -1.26. The molecular formula is C9H11BO3. The fourth-order valence-electron chi connectivity index (χ4n) is 0.863. The lowest BCUT2D eigenvalue weighted by Gasteiger charge is -2.05. The molecule has 0 fully saturated rings. The highest BCUT2D eigenvalue weighted by Crippen LogP contribution is 2.01. The maximum absolute atomic E-state index is 8.99. The molecule has 0 unspecified atom stereocenters. The zero-order valence-corrected chi connectivity index (χ0v) is 7.22. The van der Waals surface area contributed by atoms with Crippen LogP contribution in [0.15, 0.2) is 43.2 Å². The fourth-order valence-corrected chi connectivity index (χ4v) is 0.863. The standard InChI is InChI=1S/C9H11BO3/c1-2-12-10(11)13-8-9-6-4-3-5-7-9/h2-7,11H,1,8H2. The van der Waals surface area contributed by atoms with Crippen molar-refractivity contribution in [2.45, 2.75) is 6.61 Å². The molecule has 0 saturated heterocycles. The third-order valence-corrected chi connectivity index (χ3v) is 1.45. The third kappa shape index (κ3) is 3.78. The van der Waals surface area contributed by atoms with Crippen LogP contribution >= 0.6 is 0 Å². The molecule has 4 heteroatoms. The molecule has 13 heavy (non-hydrogen) atoms. The summed E-state index contributed by atoms with van der Waals surface area (Å²) in [5, 5.41) is 8.99. The predicted octanol–water partition coefficient (Wildman–Crippen LogP) is 1.34. The van der Waals surface area contributed by atoms with Gasteiger partial charge < -0.3 is 14.3 Å². The fraction of sp³-hybridized carbons (Fsp3) is 0.111. The van der Waals surface area contributed by atoms with Gasteiger partial charge in [-0.25, -0.2) is 0 Å². The molecule has 1 N–H and O–H groups in total. The van der Waals surface area contributed by atoms with Crippen LogP contribution in [0.5, 0.6) is 0 Å². The maximum atomic E-state index is 8.99. The molecule has 3 nitrogen and oxygen atoms in total. The smallest absolute Gasteiger partial charge is 0.519 e. The Bertz CT molecular complexity index is 250. The van der Waals surface area contributed by atoms with Gasteiger partial charge in [-0.1, -0.05) is 36.9 Å². The van der Waals surface area contributed by atoms with E-state index in [9.17, 15) is 0 Å². The van der Waals surface area contributed by atoms with Crippen LogP contribution in [0.4, 0.5) is 0 Å². The number of benzene rings is 1. The summed E-state index contributed by atoms with van der Waals surface area (Å²) in [4.78, 5) is 0. The van der Waals surface area contributed by atoms with E-state index in [0.29, 0.717) is 6.61 Å². The molecule has 1 aromatic carbocycles. The lowest BCUT2D eigenvalue weighted by molar-refractivity contribution is 0.167. The first-order valence-electron chi connectivity index (χ1n) is 3.93. The summed E-state index contributed by atoms with van der Waals surface area (Å²) in [6, 6.07) is 9.53. The summed E-state index contributed by atoms with van der Waals surface area (Å²) in [5.41, 5.74) is 0.981. The molecule has 0 bridgehead atoms. The number of hydrogen-bond acceptors (Lipinski definition) is 3. The Balaban J connectivity index is 2.30. The first kappa shape index (κ1) is 9.83. The van der Waals surface area contributed by atoms with Crippen molar-refractivity contribution in [3.63, 3.8) is 0 Å².